The van der Waals surface area contributed by atoms with Crippen molar-refractivity contribution >= 4 is 17.3 Å². The van der Waals surface area contributed by atoms with Crippen molar-refractivity contribution in [2.75, 3.05) is 24.3 Å². The molecule has 1 N–H and O–H groups in total. The third-order valence-corrected chi connectivity index (χ3v) is 2.84. The smallest absolute Gasteiger partial charge is 0.260 e. The van der Waals surface area contributed by atoms with Gasteiger partial charge in [0.1, 0.15) is 5.82 Å². The van der Waals surface area contributed by atoms with Crippen molar-refractivity contribution in [2.45, 2.75) is 0 Å². The van der Waals surface area contributed by atoms with E-state index in [1.54, 1.807) is 44.6 Å². The van der Waals surface area contributed by atoms with Gasteiger partial charge in [0.25, 0.3) is 5.91 Å². The van der Waals surface area contributed by atoms with Gasteiger partial charge in [-0.15, -0.1) is 0 Å². The van der Waals surface area contributed by atoms with Crippen LogP contribution in [0.4, 0.5) is 15.8 Å². The van der Waals surface area contributed by atoms with Crippen LogP contribution in [0.3, 0.4) is 0 Å². The van der Waals surface area contributed by atoms with E-state index < -0.39 is 5.82 Å². The Hall–Kier alpha value is -2.43. The molecule has 0 aliphatic rings. The van der Waals surface area contributed by atoms with Crippen LogP contribution in [0.5, 0.6) is 0 Å². The zero-order valence-electron chi connectivity index (χ0n) is 10.7. The molecule has 1 aromatic heterocycles. The Bertz CT molecular complexity index is 601. The van der Waals surface area contributed by atoms with Gasteiger partial charge in [0.05, 0.1) is 23.1 Å². The lowest BCUT2D eigenvalue weighted by Crippen LogP contribution is -2.27. The molecule has 2 aromatic rings. The Kier molecular flexibility index (Phi) is 3.75. The largest absolute Gasteiger partial charge is 0.386 e. The molecule has 0 bridgehead atoms. The van der Waals surface area contributed by atoms with Crippen LogP contribution in [0.1, 0.15) is 10.4 Å². The maximum Gasteiger partial charge on any atom is 0.260 e. The summed E-state index contributed by atoms with van der Waals surface area (Å²) < 4.78 is 13.7. The molecule has 19 heavy (non-hydrogen) atoms. The van der Waals surface area contributed by atoms with Crippen molar-refractivity contribution in [1.82, 2.24) is 4.98 Å². The highest BCUT2D eigenvalue weighted by atomic mass is 19.1. The molecule has 1 amide bonds. The van der Waals surface area contributed by atoms with E-state index in [0.29, 0.717) is 11.3 Å². The fourth-order valence-corrected chi connectivity index (χ4v) is 1.79. The van der Waals surface area contributed by atoms with E-state index in [1.807, 2.05) is 0 Å². The normalized spacial score (nSPS) is 10.1. The molecule has 2 rings (SSSR count). The Morgan fingerprint density at radius 2 is 2.05 bits per heavy atom. The van der Waals surface area contributed by atoms with Gasteiger partial charge in [-0.3, -0.25) is 9.78 Å². The Morgan fingerprint density at radius 1 is 1.32 bits per heavy atom. The summed E-state index contributed by atoms with van der Waals surface area (Å²) in [5.74, 6) is -0.727. The number of amides is 1. The first-order valence-corrected chi connectivity index (χ1v) is 5.79. The molecule has 1 heterocycles. The number of benzene rings is 1. The lowest BCUT2D eigenvalue weighted by atomic mass is 10.2. The van der Waals surface area contributed by atoms with Crippen molar-refractivity contribution < 1.29 is 9.18 Å². The van der Waals surface area contributed by atoms with Gasteiger partial charge < -0.3 is 10.2 Å². The molecular formula is C14H14FN3O. The molecule has 0 unspecified atom stereocenters. The Morgan fingerprint density at radius 3 is 2.74 bits per heavy atom. The second kappa shape index (κ2) is 5.48. The average Bonchev–Trinajstić information content (AvgIpc) is 2.46. The number of hydrogen-bond acceptors (Lipinski definition) is 3. The van der Waals surface area contributed by atoms with Gasteiger partial charge in [-0.1, -0.05) is 12.1 Å². The number of nitrogens with zero attached hydrogens (tertiary/aromatic N) is 2. The molecule has 0 saturated heterocycles. The first-order valence-electron chi connectivity index (χ1n) is 5.79. The number of rotatable bonds is 3. The molecule has 98 valence electrons. The second-order valence-electron chi connectivity index (χ2n) is 3.99. The zero-order valence-corrected chi connectivity index (χ0v) is 10.7. The summed E-state index contributed by atoms with van der Waals surface area (Å²) >= 11 is 0. The minimum atomic E-state index is -0.432. The number of halogens is 1. The van der Waals surface area contributed by atoms with Crippen molar-refractivity contribution in [2.24, 2.45) is 0 Å². The van der Waals surface area contributed by atoms with Crippen molar-refractivity contribution in [3.8, 4) is 0 Å². The fraction of sp³-hybridized carbons (Fsp3) is 0.143. The SMILES string of the molecule is CNc1cnccc1C(=O)N(C)c1ccccc1F. The van der Waals surface area contributed by atoms with Gasteiger partial charge in [-0.05, 0) is 18.2 Å². The lowest BCUT2D eigenvalue weighted by Gasteiger charge is -2.19. The monoisotopic (exact) mass is 259 g/mol. The van der Waals surface area contributed by atoms with E-state index in [4.69, 9.17) is 0 Å². The highest BCUT2D eigenvalue weighted by Gasteiger charge is 2.18. The molecule has 0 saturated carbocycles. The van der Waals surface area contributed by atoms with Crippen LogP contribution in [-0.4, -0.2) is 25.0 Å². The fourth-order valence-electron chi connectivity index (χ4n) is 1.79. The summed E-state index contributed by atoms with van der Waals surface area (Å²) in [7, 11) is 3.25. The Balaban J connectivity index is 2.37. The summed E-state index contributed by atoms with van der Waals surface area (Å²) in [6.45, 7) is 0. The number of carbonyl (C=O) groups excluding carboxylic acids is 1. The highest BCUT2D eigenvalue weighted by molar-refractivity contribution is 6.09. The number of anilines is 2. The number of hydrogen-bond donors (Lipinski definition) is 1. The molecule has 0 fully saturated rings. The first-order chi connectivity index (χ1) is 9.15. The first kappa shape index (κ1) is 13.0. The van der Waals surface area contributed by atoms with E-state index in [0.717, 1.165) is 0 Å². The van der Waals surface area contributed by atoms with Crippen molar-refractivity contribution in [3.05, 3.63) is 54.1 Å². The van der Waals surface area contributed by atoms with Crippen molar-refractivity contribution in [1.29, 1.82) is 0 Å². The van der Waals surface area contributed by atoms with Crippen molar-refractivity contribution in [3.63, 3.8) is 0 Å². The lowest BCUT2D eigenvalue weighted by molar-refractivity contribution is 0.0993. The molecule has 1 aromatic carbocycles. The summed E-state index contributed by atoms with van der Waals surface area (Å²) in [6.07, 6.45) is 3.09. The minimum absolute atomic E-state index is 0.242. The second-order valence-corrected chi connectivity index (χ2v) is 3.99. The number of pyridine rings is 1. The van der Waals surface area contributed by atoms with E-state index in [1.165, 1.54) is 17.2 Å². The van der Waals surface area contributed by atoms with Crippen LogP contribution >= 0.6 is 0 Å². The van der Waals surface area contributed by atoms with Gasteiger partial charge in [-0.25, -0.2) is 4.39 Å². The van der Waals surface area contributed by atoms with Crippen LogP contribution in [-0.2, 0) is 0 Å². The van der Waals surface area contributed by atoms with E-state index in [-0.39, 0.29) is 11.6 Å². The molecule has 0 aliphatic carbocycles. The molecule has 0 spiro atoms. The van der Waals surface area contributed by atoms with Gasteiger partial charge >= 0.3 is 0 Å². The Labute approximate surface area is 110 Å². The summed E-state index contributed by atoms with van der Waals surface area (Å²) in [4.78, 5) is 17.6. The van der Waals surface area contributed by atoms with Crippen LogP contribution in [0.2, 0.25) is 0 Å². The standard InChI is InChI=1S/C14H14FN3O/c1-16-12-9-17-8-7-10(12)14(19)18(2)13-6-4-3-5-11(13)15/h3-9,16H,1-2H3. The van der Waals surface area contributed by atoms with Crippen LogP contribution in [0.15, 0.2) is 42.7 Å². The van der Waals surface area contributed by atoms with Gasteiger partial charge in [0.2, 0.25) is 0 Å². The average molecular weight is 259 g/mol. The van der Waals surface area contributed by atoms with Gasteiger partial charge in [-0.2, -0.15) is 0 Å². The predicted molar refractivity (Wildman–Crippen MR) is 72.9 cm³/mol. The quantitative estimate of drug-likeness (QED) is 0.921. The molecule has 5 heteroatoms. The van der Waals surface area contributed by atoms with E-state index >= 15 is 0 Å². The molecular weight excluding hydrogens is 245 g/mol. The highest BCUT2D eigenvalue weighted by Crippen LogP contribution is 2.21. The molecule has 0 atom stereocenters. The zero-order chi connectivity index (χ0) is 13.8. The van der Waals surface area contributed by atoms with E-state index in [9.17, 15) is 9.18 Å². The number of aromatic nitrogens is 1. The maximum absolute atomic E-state index is 13.7. The molecule has 0 radical (unpaired) electrons. The molecule has 4 nitrogen and oxygen atoms in total. The number of carbonyl (C=O) groups is 1. The van der Waals surface area contributed by atoms with Crippen LogP contribution < -0.4 is 10.2 Å². The minimum Gasteiger partial charge on any atom is -0.386 e. The third kappa shape index (κ3) is 2.54. The predicted octanol–water partition coefficient (Wildman–Crippen LogP) is 2.54. The summed E-state index contributed by atoms with van der Waals surface area (Å²) in [6, 6.07) is 7.76. The van der Waals surface area contributed by atoms with Gasteiger partial charge in [0.15, 0.2) is 0 Å². The maximum atomic E-state index is 13.7. The van der Waals surface area contributed by atoms with Gasteiger partial charge in [0, 0.05) is 20.3 Å². The topological polar surface area (TPSA) is 45.2 Å². The molecule has 0 aliphatic heterocycles. The summed E-state index contributed by atoms with van der Waals surface area (Å²) in [5, 5.41) is 2.89. The number of para-hydroxylation sites is 1. The van der Waals surface area contributed by atoms with Crippen LogP contribution in [0.25, 0.3) is 0 Å². The third-order valence-electron chi connectivity index (χ3n) is 2.84. The number of nitrogens with one attached hydrogen (secondary N) is 1. The van der Waals surface area contributed by atoms with E-state index in [2.05, 4.69) is 10.3 Å². The van der Waals surface area contributed by atoms with Crippen LogP contribution in [0, 0.1) is 5.82 Å². The summed E-state index contributed by atoms with van der Waals surface area (Å²) in [5.41, 5.74) is 1.30.